The van der Waals surface area contributed by atoms with E-state index >= 15 is 0 Å². The third kappa shape index (κ3) is 1.95. The van der Waals surface area contributed by atoms with Gasteiger partial charge in [-0.2, -0.15) is 0 Å². The number of piperidine rings is 1. The summed E-state index contributed by atoms with van der Waals surface area (Å²) in [5.74, 6) is 0. The lowest BCUT2D eigenvalue weighted by Crippen LogP contribution is -2.23. The molecular weight excluding hydrogens is 110 g/mol. The van der Waals surface area contributed by atoms with Crippen LogP contribution in [0.1, 0.15) is 19.3 Å². The van der Waals surface area contributed by atoms with Crippen LogP contribution >= 0.6 is 0 Å². The van der Waals surface area contributed by atoms with Crippen molar-refractivity contribution in [3.63, 3.8) is 0 Å². The molecule has 0 spiro atoms. The van der Waals surface area contributed by atoms with Crippen molar-refractivity contribution in [2.24, 2.45) is 0 Å². The summed E-state index contributed by atoms with van der Waals surface area (Å²) in [7, 11) is 0. The summed E-state index contributed by atoms with van der Waals surface area (Å²) in [6.45, 7) is 5.93. The fraction of sp³-hybridized carbons (Fsp3) is 0.625. The molecule has 0 atom stereocenters. The second kappa shape index (κ2) is 3.37. The summed E-state index contributed by atoms with van der Waals surface area (Å²) < 4.78 is 0. The number of likely N-dealkylation sites (tertiary alicyclic amines) is 1. The Morgan fingerprint density at radius 1 is 1.22 bits per heavy atom. The van der Waals surface area contributed by atoms with Gasteiger partial charge >= 0.3 is 0 Å². The van der Waals surface area contributed by atoms with E-state index < -0.39 is 0 Å². The van der Waals surface area contributed by atoms with Crippen molar-refractivity contribution >= 4 is 0 Å². The number of hydrogen-bond donors (Lipinski definition) is 0. The van der Waals surface area contributed by atoms with E-state index in [1.807, 2.05) is 6.20 Å². The van der Waals surface area contributed by atoms with Crippen molar-refractivity contribution in [3.8, 4) is 0 Å². The largest absolute Gasteiger partial charge is 0.371 e. The maximum Gasteiger partial charge on any atom is 0.0417 e. The molecule has 1 nitrogen and oxygen atoms in total. The maximum atomic E-state index is 3.53. The smallest absolute Gasteiger partial charge is 0.0417 e. The van der Waals surface area contributed by atoms with Gasteiger partial charge in [0.1, 0.15) is 0 Å². The minimum absolute atomic E-state index is 1.20. The molecule has 0 aromatic carbocycles. The third-order valence-electron chi connectivity index (χ3n) is 1.66. The molecule has 50 valence electrons. The fourth-order valence-electron chi connectivity index (χ4n) is 1.18. The van der Waals surface area contributed by atoms with Crippen LogP contribution < -0.4 is 0 Å². The molecule has 0 saturated carbocycles. The summed E-state index contributed by atoms with van der Waals surface area (Å²) in [6.07, 6.45) is 6.01. The molecular formula is C8H13N. The van der Waals surface area contributed by atoms with Crippen LogP contribution in [-0.4, -0.2) is 18.0 Å². The van der Waals surface area contributed by atoms with Gasteiger partial charge in [0.15, 0.2) is 0 Å². The van der Waals surface area contributed by atoms with Crippen molar-refractivity contribution in [2.45, 2.75) is 19.3 Å². The van der Waals surface area contributed by atoms with E-state index in [0.717, 1.165) is 0 Å². The molecule has 1 aliphatic heterocycles. The van der Waals surface area contributed by atoms with Gasteiger partial charge in [0, 0.05) is 19.3 Å². The van der Waals surface area contributed by atoms with E-state index in [9.17, 15) is 0 Å². The molecule has 9 heavy (non-hydrogen) atoms. The second-order valence-corrected chi connectivity index (χ2v) is 2.43. The van der Waals surface area contributed by atoms with Crippen LogP contribution in [0, 0.1) is 0 Å². The molecule has 1 rings (SSSR count). The molecule has 1 heterocycles. The van der Waals surface area contributed by atoms with Gasteiger partial charge in [0.25, 0.3) is 0 Å². The van der Waals surface area contributed by atoms with Crippen LogP contribution in [0.4, 0.5) is 0 Å². The molecule has 0 radical (unpaired) electrons. The van der Waals surface area contributed by atoms with Crippen molar-refractivity contribution in [1.82, 2.24) is 4.90 Å². The Kier molecular flexibility index (Phi) is 2.41. The van der Waals surface area contributed by atoms with Gasteiger partial charge in [0.05, 0.1) is 0 Å². The van der Waals surface area contributed by atoms with E-state index in [1.165, 1.54) is 32.4 Å². The molecule has 1 heteroatoms. The van der Waals surface area contributed by atoms with Gasteiger partial charge in [-0.3, -0.25) is 0 Å². The van der Waals surface area contributed by atoms with Gasteiger partial charge in [-0.25, -0.2) is 0 Å². The molecule has 0 N–H and O–H groups in total. The fourth-order valence-corrected chi connectivity index (χ4v) is 1.18. The van der Waals surface area contributed by atoms with Gasteiger partial charge in [0.2, 0.25) is 0 Å². The average molecular weight is 123 g/mol. The SMILES string of the molecule is C=C=CN1CCCCC1. The minimum atomic E-state index is 1.20. The van der Waals surface area contributed by atoms with Gasteiger partial charge < -0.3 is 4.90 Å². The molecule has 1 saturated heterocycles. The lowest BCUT2D eigenvalue weighted by Gasteiger charge is -2.23. The molecule has 0 aromatic rings. The maximum absolute atomic E-state index is 3.53. The van der Waals surface area contributed by atoms with Crippen molar-refractivity contribution in [1.29, 1.82) is 0 Å². The highest BCUT2D eigenvalue weighted by Gasteiger charge is 2.03. The van der Waals surface area contributed by atoms with Crippen LogP contribution in [0.15, 0.2) is 18.5 Å². The highest BCUT2D eigenvalue weighted by atomic mass is 15.1. The van der Waals surface area contributed by atoms with E-state index in [4.69, 9.17) is 0 Å². The van der Waals surface area contributed by atoms with Crippen LogP contribution in [-0.2, 0) is 0 Å². The Morgan fingerprint density at radius 3 is 2.44 bits per heavy atom. The molecule has 0 aromatic heterocycles. The van der Waals surface area contributed by atoms with Crippen LogP contribution in [0.25, 0.3) is 0 Å². The van der Waals surface area contributed by atoms with Crippen LogP contribution in [0.5, 0.6) is 0 Å². The average Bonchev–Trinajstić information content (AvgIpc) is 1.91. The summed E-state index contributed by atoms with van der Waals surface area (Å²) in [6, 6.07) is 0. The first-order valence-electron chi connectivity index (χ1n) is 3.53. The first kappa shape index (κ1) is 6.44. The van der Waals surface area contributed by atoms with Gasteiger partial charge in [-0.05, 0) is 19.3 Å². The van der Waals surface area contributed by atoms with Crippen LogP contribution in [0.2, 0.25) is 0 Å². The zero-order valence-electron chi connectivity index (χ0n) is 5.77. The molecule has 1 aliphatic rings. The predicted octanol–water partition coefficient (Wildman–Crippen LogP) is 1.77. The van der Waals surface area contributed by atoms with E-state index in [2.05, 4.69) is 17.2 Å². The normalized spacial score (nSPS) is 18.9. The summed E-state index contributed by atoms with van der Waals surface area (Å²) in [4.78, 5) is 2.27. The van der Waals surface area contributed by atoms with Crippen LogP contribution in [0.3, 0.4) is 0 Å². The molecule has 1 fully saturated rings. The number of hydrogen-bond acceptors (Lipinski definition) is 1. The first-order chi connectivity index (χ1) is 4.43. The topological polar surface area (TPSA) is 3.24 Å². The lowest BCUT2D eigenvalue weighted by atomic mass is 10.1. The standard InChI is InChI=1S/C8H13N/c1-2-6-9-7-4-3-5-8-9/h6H,1,3-5,7-8H2. The highest BCUT2D eigenvalue weighted by Crippen LogP contribution is 2.07. The molecule has 0 aliphatic carbocycles. The Hall–Kier alpha value is -0.680. The first-order valence-corrected chi connectivity index (χ1v) is 3.53. The Labute approximate surface area is 56.7 Å². The molecule has 0 amide bonds. The van der Waals surface area contributed by atoms with E-state index in [0.29, 0.717) is 0 Å². The second-order valence-electron chi connectivity index (χ2n) is 2.43. The van der Waals surface area contributed by atoms with Gasteiger partial charge in [-0.1, -0.05) is 6.58 Å². The zero-order valence-corrected chi connectivity index (χ0v) is 5.77. The summed E-state index contributed by atoms with van der Waals surface area (Å²) >= 11 is 0. The Balaban J connectivity index is 2.31. The summed E-state index contributed by atoms with van der Waals surface area (Å²) in [5.41, 5.74) is 2.79. The minimum Gasteiger partial charge on any atom is -0.371 e. The monoisotopic (exact) mass is 123 g/mol. The third-order valence-corrected chi connectivity index (χ3v) is 1.66. The zero-order chi connectivity index (χ0) is 6.53. The van der Waals surface area contributed by atoms with E-state index in [1.54, 1.807) is 0 Å². The molecule has 0 bridgehead atoms. The Morgan fingerprint density at radius 2 is 1.89 bits per heavy atom. The predicted molar refractivity (Wildman–Crippen MR) is 39.1 cm³/mol. The lowest BCUT2D eigenvalue weighted by molar-refractivity contribution is 0.310. The van der Waals surface area contributed by atoms with Crippen molar-refractivity contribution in [2.75, 3.05) is 13.1 Å². The number of rotatable bonds is 1. The van der Waals surface area contributed by atoms with Crippen molar-refractivity contribution in [3.05, 3.63) is 18.5 Å². The quantitative estimate of drug-likeness (QED) is 0.480. The van der Waals surface area contributed by atoms with E-state index in [-0.39, 0.29) is 0 Å². The number of nitrogens with zero attached hydrogens (tertiary/aromatic N) is 1. The highest BCUT2D eigenvalue weighted by molar-refractivity contribution is 4.79. The Bertz CT molecular complexity index is 117. The molecule has 0 unspecified atom stereocenters. The summed E-state index contributed by atoms with van der Waals surface area (Å²) in [5, 5.41) is 0. The van der Waals surface area contributed by atoms with Crippen molar-refractivity contribution < 1.29 is 0 Å². The van der Waals surface area contributed by atoms with Gasteiger partial charge in [-0.15, -0.1) is 5.73 Å².